The Kier molecular flexibility index (Phi) is 4.72. The molecule has 0 spiro atoms. The second kappa shape index (κ2) is 7.51. The fraction of sp³-hybridized carbons (Fsp3) is 0.500. The number of hydrogen-bond acceptors (Lipinski definition) is 5. The van der Waals surface area contributed by atoms with Gasteiger partial charge in [0.2, 0.25) is 0 Å². The van der Waals surface area contributed by atoms with Gasteiger partial charge in [-0.15, -0.1) is 10.2 Å². The fourth-order valence-electron chi connectivity index (χ4n) is 5.12. The molecular formula is C22H27N4O2+. The van der Waals surface area contributed by atoms with Crippen molar-refractivity contribution >= 4 is 0 Å². The van der Waals surface area contributed by atoms with Crippen LogP contribution in [-0.4, -0.2) is 27.9 Å². The van der Waals surface area contributed by atoms with E-state index in [0.717, 1.165) is 41.2 Å². The van der Waals surface area contributed by atoms with Gasteiger partial charge in [-0.05, 0) is 39.0 Å². The van der Waals surface area contributed by atoms with Crippen LogP contribution < -0.4 is 4.90 Å². The van der Waals surface area contributed by atoms with Crippen LogP contribution in [0.4, 0.5) is 0 Å². The molecule has 1 saturated carbocycles. The van der Waals surface area contributed by atoms with E-state index in [2.05, 4.69) is 15.4 Å². The summed E-state index contributed by atoms with van der Waals surface area (Å²) < 4.78 is 11.6. The lowest BCUT2D eigenvalue weighted by Gasteiger charge is -2.40. The van der Waals surface area contributed by atoms with E-state index in [-0.39, 0.29) is 0 Å². The van der Waals surface area contributed by atoms with Crippen LogP contribution >= 0.6 is 0 Å². The Morgan fingerprint density at radius 1 is 1.04 bits per heavy atom. The summed E-state index contributed by atoms with van der Waals surface area (Å²) in [5, 5.41) is 13.0. The lowest BCUT2D eigenvalue weighted by atomic mass is 9.78. The smallest absolute Gasteiger partial charge is 0.271 e. The van der Waals surface area contributed by atoms with E-state index in [0.29, 0.717) is 11.7 Å². The molecule has 1 aromatic carbocycles. The summed E-state index contributed by atoms with van der Waals surface area (Å²) in [5.74, 6) is 2.80. The van der Waals surface area contributed by atoms with Gasteiger partial charge < -0.3 is 13.8 Å². The van der Waals surface area contributed by atoms with Crippen LogP contribution in [0.5, 0.6) is 0 Å². The number of nitrogens with zero attached hydrogens (tertiary/aromatic N) is 3. The van der Waals surface area contributed by atoms with Crippen molar-refractivity contribution in [3.8, 4) is 22.7 Å². The molecule has 5 rings (SSSR count). The summed E-state index contributed by atoms with van der Waals surface area (Å²) in [6.07, 6.45) is 8.19. The van der Waals surface area contributed by atoms with Crippen molar-refractivity contribution in [3.05, 3.63) is 42.0 Å². The molecule has 6 nitrogen and oxygen atoms in total. The summed E-state index contributed by atoms with van der Waals surface area (Å²) in [5.41, 5.74) is 2.54. The number of hydrogen-bond donors (Lipinski definition) is 1. The lowest BCUT2D eigenvalue weighted by Crippen LogP contribution is -3.16. The van der Waals surface area contributed by atoms with Crippen LogP contribution in [0.15, 0.2) is 39.3 Å². The van der Waals surface area contributed by atoms with Gasteiger partial charge in [0.25, 0.3) is 11.8 Å². The second-order valence-electron chi connectivity index (χ2n) is 8.21. The molecular weight excluding hydrogens is 352 g/mol. The first-order valence-corrected chi connectivity index (χ1v) is 10.5. The Balaban J connectivity index is 1.39. The largest absolute Gasteiger partial charge is 0.415 e. The van der Waals surface area contributed by atoms with E-state index in [4.69, 9.17) is 8.94 Å². The predicted octanol–water partition coefficient (Wildman–Crippen LogP) is 3.44. The maximum absolute atomic E-state index is 6.11. The minimum Gasteiger partial charge on any atom is -0.415 e. The van der Waals surface area contributed by atoms with Crippen molar-refractivity contribution in [1.29, 1.82) is 0 Å². The molecule has 3 aromatic rings. The number of rotatable bonds is 4. The topological polar surface area (TPSA) is 69.4 Å². The van der Waals surface area contributed by atoms with Gasteiger partial charge in [-0.3, -0.25) is 0 Å². The van der Waals surface area contributed by atoms with Gasteiger partial charge in [-0.25, -0.2) is 0 Å². The highest BCUT2D eigenvalue weighted by molar-refractivity contribution is 5.77. The molecule has 1 aliphatic carbocycles. The highest BCUT2D eigenvalue weighted by Gasteiger charge is 2.37. The number of nitrogens with one attached hydrogen (secondary N) is 1. The summed E-state index contributed by atoms with van der Waals surface area (Å²) >= 11 is 0. The molecule has 6 heteroatoms. The second-order valence-corrected chi connectivity index (χ2v) is 8.21. The Morgan fingerprint density at radius 3 is 2.75 bits per heavy atom. The van der Waals surface area contributed by atoms with Gasteiger partial charge in [-0.1, -0.05) is 41.9 Å². The minimum atomic E-state index is 0.504. The zero-order chi connectivity index (χ0) is 18.9. The monoisotopic (exact) mass is 379 g/mol. The molecule has 0 bridgehead atoms. The van der Waals surface area contributed by atoms with Crippen LogP contribution in [0.3, 0.4) is 0 Å². The molecule has 146 valence electrons. The average molecular weight is 379 g/mol. The standard InChI is InChI=1S/C22H26N4O2/c1-15-20(21(25-28-15)17-9-3-2-4-10-17)22-24-23-19(27-22)14-26-13-7-11-16-8-5-6-12-18(16)26/h2-4,9-10,16,18H,5-8,11-14H2,1H3/p+1/t16-,18+/m1/s1. The summed E-state index contributed by atoms with van der Waals surface area (Å²) in [7, 11) is 0. The Labute approximate surface area is 164 Å². The van der Waals surface area contributed by atoms with Crippen LogP contribution in [0.25, 0.3) is 22.7 Å². The van der Waals surface area contributed by atoms with Crippen molar-refractivity contribution < 1.29 is 13.8 Å². The third-order valence-corrected chi connectivity index (χ3v) is 6.48. The summed E-state index contributed by atoms with van der Waals surface area (Å²) in [6, 6.07) is 10.7. The van der Waals surface area contributed by atoms with Gasteiger partial charge >= 0.3 is 0 Å². The molecule has 1 saturated heterocycles. The quantitative estimate of drug-likeness (QED) is 0.752. The zero-order valence-electron chi connectivity index (χ0n) is 16.4. The first-order valence-electron chi connectivity index (χ1n) is 10.5. The van der Waals surface area contributed by atoms with Crippen LogP contribution in [0.2, 0.25) is 0 Å². The predicted molar refractivity (Wildman–Crippen MR) is 104 cm³/mol. The highest BCUT2D eigenvalue weighted by atomic mass is 16.5. The van der Waals surface area contributed by atoms with E-state index in [1.165, 1.54) is 45.1 Å². The van der Waals surface area contributed by atoms with E-state index < -0.39 is 0 Å². The molecule has 3 atom stereocenters. The Hall–Kier alpha value is -2.47. The molecule has 2 fully saturated rings. The van der Waals surface area contributed by atoms with Crippen molar-refractivity contribution in [2.45, 2.75) is 58.0 Å². The van der Waals surface area contributed by atoms with Crippen LogP contribution in [0, 0.1) is 12.8 Å². The molecule has 1 unspecified atom stereocenters. The van der Waals surface area contributed by atoms with E-state index in [1.807, 2.05) is 37.3 Å². The van der Waals surface area contributed by atoms with Crippen molar-refractivity contribution in [2.75, 3.05) is 6.54 Å². The average Bonchev–Trinajstić information content (AvgIpc) is 3.35. The number of fused-ring (bicyclic) bond motifs is 1. The van der Waals surface area contributed by atoms with Gasteiger partial charge in [0, 0.05) is 11.5 Å². The summed E-state index contributed by atoms with van der Waals surface area (Å²) in [4.78, 5) is 1.62. The Bertz CT molecular complexity index is 931. The first kappa shape index (κ1) is 17.6. The molecule has 1 N–H and O–H groups in total. The maximum atomic E-state index is 6.11. The van der Waals surface area contributed by atoms with Gasteiger partial charge in [-0.2, -0.15) is 0 Å². The number of quaternary nitrogens is 1. The molecule has 1 aliphatic heterocycles. The third-order valence-electron chi connectivity index (χ3n) is 6.48. The van der Waals surface area contributed by atoms with Crippen molar-refractivity contribution in [3.63, 3.8) is 0 Å². The highest BCUT2D eigenvalue weighted by Crippen LogP contribution is 2.33. The van der Waals surface area contributed by atoms with Gasteiger partial charge in [0.15, 0.2) is 6.54 Å². The van der Waals surface area contributed by atoms with Crippen LogP contribution in [0.1, 0.15) is 50.2 Å². The molecule has 0 amide bonds. The number of aryl methyl sites for hydroxylation is 1. The van der Waals surface area contributed by atoms with Gasteiger partial charge in [0.1, 0.15) is 17.0 Å². The van der Waals surface area contributed by atoms with Crippen molar-refractivity contribution in [1.82, 2.24) is 15.4 Å². The minimum absolute atomic E-state index is 0.504. The molecule has 2 aromatic heterocycles. The number of benzene rings is 1. The lowest BCUT2D eigenvalue weighted by molar-refractivity contribution is -0.950. The molecule has 3 heterocycles. The van der Waals surface area contributed by atoms with E-state index in [9.17, 15) is 0 Å². The Morgan fingerprint density at radius 2 is 1.86 bits per heavy atom. The molecule has 28 heavy (non-hydrogen) atoms. The number of likely N-dealkylation sites (tertiary alicyclic amines) is 1. The number of piperidine rings is 1. The summed E-state index contributed by atoms with van der Waals surface area (Å²) in [6.45, 7) is 3.92. The number of aromatic nitrogens is 3. The van der Waals surface area contributed by atoms with E-state index >= 15 is 0 Å². The first-order chi connectivity index (χ1) is 13.8. The molecule has 0 radical (unpaired) electrons. The van der Waals surface area contributed by atoms with E-state index in [1.54, 1.807) is 4.90 Å². The zero-order valence-corrected chi connectivity index (χ0v) is 16.4. The third kappa shape index (κ3) is 3.26. The fourth-order valence-corrected chi connectivity index (χ4v) is 5.12. The van der Waals surface area contributed by atoms with Crippen molar-refractivity contribution in [2.24, 2.45) is 5.92 Å². The maximum Gasteiger partial charge on any atom is 0.271 e. The molecule has 2 aliphatic rings. The van der Waals surface area contributed by atoms with Crippen LogP contribution in [-0.2, 0) is 6.54 Å². The normalized spacial score (nSPS) is 24.8. The SMILES string of the molecule is Cc1onc(-c2ccccc2)c1-c1nnc(C[NH+]2CCC[C@H]3CCCC[C@@H]32)o1. The van der Waals surface area contributed by atoms with Gasteiger partial charge in [0.05, 0.1) is 12.6 Å².